The molecule has 51 heavy (non-hydrogen) atoms. The van der Waals surface area contributed by atoms with Gasteiger partial charge in [-0.15, -0.1) is 0 Å². The number of anilines is 1. The first-order chi connectivity index (χ1) is 24.3. The lowest BCUT2D eigenvalue weighted by Crippen LogP contribution is -2.65. The zero-order chi connectivity index (χ0) is 36.2. The van der Waals surface area contributed by atoms with Crippen molar-refractivity contribution in [3.05, 3.63) is 114 Å². The van der Waals surface area contributed by atoms with Crippen molar-refractivity contribution >= 4 is 17.6 Å². The maximum Gasteiger partial charge on any atom is 0.335 e. The van der Waals surface area contributed by atoms with Crippen LogP contribution in [0.15, 0.2) is 91.0 Å². The number of rotatable bonds is 7. The number of phenols is 1. The van der Waals surface area contributed by atoms with Gasteiger partial charge < -0.3 is 45.0 Å². The number of nitrogens with zero attached hydrogens (tertiary/aromatic N) is 1. The van der Waals surface area contributed by atoms with Gasteiger partial charge in [0.25, 0.3) is 0 Å². The molecule has 6 atom stereocenters. The summed E-state index contributed by atoms with van der Waals surface area (Å²) < 4.78 is 38.4. The Morgan fingerprint density at radius 1 is 0.804 bits per heavy atom. The first kappa shape index (κ1) is 34.5. The number of amides is 1. The number of aliphatic carboxylic acids is 1. The van der Waals surface area contributed by atoms with E-state index < -0.39 is 65.4 Å². The molecule has 7 rings (SSSR count). The molecule has 3 aliphatic rings. The Balaban J connectivity index is 1.17. The summed E-state index contributed by atoms with van der Waals surface area (Å²) in [7, 11) is 0. The van der Waals surface area contributed by atoms with E-state index in [1.54, 1.807) is 30.3 Å². The van der Waals surface area contributed by atoms with Crippen LogP contribution in [0.1, 0.15) is 42.9 Å². The Kier molecular flexibility index (Phi) is 8.80. The molecule has 266 valence electrons. The maximum absolute atomic E-state index is 14.0. The number of carbonyl (C=O) groups is 2. The van der Waals surface area contributed by atoms with E-state index in [0.717, 1.165) is 0 Å². The summed E-state index contributed by atoms with van der Waals surface area (Å²) in [5, 5.41) is 62.9. The fourth-order valence-electron chi connectivity index (χ4n) is 7.59. The largest absolute Gasteiger partial charge is 0.508 e. The number of hydrogen-bond donors (Lipinski definition) is 6. The van der Waals surface area contributed by atoms with Gasteiger partial charge in [-0.1, -0.05) is 36.4 Å². The van der Waals surface area contributed by atoms with E-state index in [4.69, 9.17) is 9.47 Å². The van der Waals surface area contributed by atoms with E-state index in [1.807, 2.05) is 0 Å². The molecule has 3 fully saturated rings. The number of carboxylic acids is 1. The molecule has 2 saturated heterocycles. The number of aliphatic hydroxyl groups excluding tert-OH is 3. The van der Waals surface area contributed by atoms with Crippen molar-refractivity contribution in [2.24, 2.45) is 5.41 Å². The van der Waals surface area contributed by atoms with Gasteiger partial charge in [0.2, 0.25) is 12.2 Å². The highest BCUT2D eigenvalue weighted by molar-refractivity contribution is 6.06. The molecule has 1 aliphatic carbocycles. The molecule has 1 saturated carbocycles. The van der Waals surface area contributed by atoms with Crippen LogP contribution in [-0.4, -0.2) is 73.2 Å². The Morgan fingerprint density at radius 2 is 1.43 bits per heavy atom. The van der Waals surface area contributed by atoms with Gasteiger partial charge >= 0.3 is 5.97 Å². The monoisotopic (exact) mass is 703 g/mol. The lowest BCUT2D eigenvalue weighted by molar-refractivity contribution is -0.271. The van der Waals surface area contributed by atoms with Gasteiger partial charge in [0, 0.05) is 11.3 Å². The molecule has 1 amide bonds. The lowest BCUT2D eigenvalue weighted by atomic mass is 9.56. The van der Waals surface area contributed by atoms with Crippen LogP contribution in [0.2, 0.25) is 0 Å². The van der Waals surface area contributed by atoms with Crippen molar-refractivity contribution in [2.45, 2.75) is 68.0 Å². The first-order valence-corrected chi connectivity index (χ1v) is 16.4. The van der Waals surface area contributed by atoms with Gasteiger partial charge in [-0.05, 0) is 97.0 Å². The molecule has 0 aromatic heterocycles. The number of phenolic OH excluding ortho intramolecular Hbond substituents is 1. The van der Waals surface area contributed by atoms with Crippen LogP contribution in [0.5, 0.6) is 11.5 Å². The van der Waals surface area contributed by atoms with Gasteiger partial charge in [-0.2, -0.15) is 0 Å². The number of ether oxygens (including phenoxy) is 2. The highest BCUT2D eigenvalue weighted by Gasteiger charge is 2.64. The molecule has 2 heterocycles. The number of hydrogen-bond acceptors (Lipinski definition) is 9. The van der Waals surface area contributed by atoms with Crippen molar-refractivity contribution in [2.75, 3.05) is 4.90 Å². The molecule has 0 radical (unpaired) electrons. The number of benzene rings is 4. The average molecular weight is 704 g/mol. The molecule has 4 aromatic carbocycles. The zero-order valence-corrected chi connectivity index (χ0v) is 27.0. The van der Waals surface area contributed by atoms with Gasteiger partial charge in [0.15, 0.2) is 6.10 Å². The number of aromatic hydroxyl groups is 1. The standard InChI is InChI=1S/C38H35F2NO10/c39-23-7-5-22(6-8-23)38(49)16-14-37(15-17-38)33(41(36(37)48)25-11-9-24(40)10-12-25)27-13-4-21(19-28(27)42)20-2-1-3-26(18-20)50-35-31(45)29(43)30(44)32(51-35)34(46)47/h1-13,18-19,29-33,35,42-45,49H,14-17H2,(H,46,47)/t29?,30-,31-,32?,33+,35+,37?,38?/m0/s1. The fourth-order valence-corrected chi connectivity index (χ4v) is 7.59. The molecule has 0 bridgehead atoms. The third kappa shape index (κ3) is 6.00. The van der Waals surface area contributed by atoms with Crippen LogP contribution in [-0.2, 0) is 19.9 Å². The van der Waals surface area contributed by atoms with E-state index >= 15 is 0 Å². The number of halogens is 2. The Bertz CT molecular complexity index is 1950. The zero-order valence-electron chi connectivity index (χ0n) is 27.0. The normalized spacial score (nSPS) is 30.5. The minimum atomic E-state index is -1.87. The predicted octanol–water partition coefficient (Wildman–Crippen LogP) is 4.14. The second-order valence-corrected chi connectivity index (χ2v) is 13.4. The molecule has 13 heteroatoms. The summed E-state index contributed by atoms with van der Waals surface area (Å²) in [6.45, 7) is 0. The summed E-state index contributed by atoms with van der Waals surface area (Å²) in [6.07, 6.45) is -7.94. The van der Waals surface area contributed by atoms with E-state index in [2.05, 4.69) is 0 Å². The minimum Gasteiger partial charge on any atom is -0.508 e. The summed E-state index contributed by atoms with van der Waals surface area (Å²) in [5.74, 6) is -2.66. The van der Waals surface area contributed by atoms with Gasteiger partial charge in [-0.3, -0.25) is 4.79 Å². The van der Waals surface area contributed by atoms with Gasteiger partial charge in [-0.25, -0.2) is 13.6 Å². The SMILES string of the molecule is O=C(O)C1O[C@@H](Oc2cccc(-c3ccc([C@H]4N(c5ccc(F)cc5)C(=O)C45CCC(O)(c4ccc(F)cc4)CC5)c(O)c3)c2)[C@@H](O)C(O)[C@@H]1O. The van der Waals surface area contributed by atoms with E-state index in [1.165, 1.54) is 65.6 Å². The molecule has 11 nitrogen and oxygen atoms in total. The van der Waals surface area contributed by atoms with Crippen LogP contribution in [0, 0.1) is 17.0 Å². The number of carboxylic acid groups (broad SMARTS) is 1. The second-order valence-electron chi connectivity index (χ2n) is 13.4. The molecule has 2 unspecified atom stereocenters. The summed E-state index contributed by atoms with van der Waals surface area (Å²) >= 11 is 0. The molecule has 4 aromatic rings. The fraction of sp³-hybridized carbons (Fsp3) is 0.316. The molecular formula is C38H35F2NO10. The Hall–Kier alpha value is -4.92. The second kappa shape index (κ2) is 13.0. The van der Waals surface area contributed by atoms with E-state index in [0.29, 0.717) is 27.9 Å². The smallest absolute Gasteiger partial charge is 0.335 e. The van der Waals surface area contributed by atoms with Crippen LogP contribution in [0.25, 0.3) is 11.1 Å². The Morgan fingerprint density at radius 3 is 2.06 bits per heavy atom. The molecule has 2 aliphatic heterocycles. The quantitative estimate of drug-likeness (QED) is 0.153. The minimum absolute atomic E-state index is 0.130. The van der Waals surface area contributed by atoms with Gasteiger partial charge in [0.05, 0.1) is 17.1 Å². The van der Waals surface area contributed by atoms with Crippen molar-refractivity contribution in [3.8, 4) is 22.6 Å². The first-order valence-electron chi connectivity index (χ1n) is 16.4. The molecular weight excluding hydrogens is 668 g/mol. The van der Waals surface area contributed by atoms with Crippen LogP contribution < -0.4 is 9.64 Å². The summed E-state index contributed by atoms with van der Waals surface area (Å²) in [6, 6.07) is 21.8. The van der Waals surface area contributed by atoms with Gasteiger partial charge in [0.1, 0.15) is 41.4 Å². The highest BCUT2D eigenvalue weighted by atomic mass is 19.1. The van der Waals surface area contributed by atoms with E-state index in [-0.39, 0.29) is 43.1 Å². The topological polar surface area (TPSA) is 177 Å². The molecule has 1 spiro atoms. The molecule has 6 N–H and O–H groups in total. The average Bonchev–Trinajstić information content (AvgIpc) is 3.12. The third-order valence-corrected chi connectivity index (χ3v) is 10.4. The van der Waals surface area contributed by atoms with Crippen molar-refractivity contribution in [1.82, 2.24) is 0 Å². The highest BCUT2D eigenvalue weighted by Crippen LogP contribution is 2.62. The van der Waals surface area contributed by atoms with Crippen LogP contribution >= 0.6 is 0 Å². The van der Waals surface area contributed by atoms with Crippen molar-refractivity contribution in [3.63, 3.8) is 0 Å². The lowest BCUT2D eigenvalue weighted by Gasteiger charge is -2.59. The number of aliphatic hydroxyl groups is 4. The summed E-state index contributed by atoms with van der Waals surface area (Å²) in [4.78, 5) is 27.1. The third-order valence-electron chi connectivity index (χ3n) is 10.4. The predicted molar refractivity (Wildman–Crippen MR) is 176 cm³/mol. The van der Waals surface area contributed by atoms with Crippen molar-refractivity contribution in [1.29, 1.82) is 0 Å². The number of β-lactam (4-membered cyclic amide) rings is 1. The van der Waals surface area contributed by atoms with Crippen LogP contribution in [0.3, 0.4) is 0 Å². The van der Waals surface area contributed by atoms with Crippen LogP contribution in [0.4, 0.5) is 14.5 Å². The maximum atomic E-state index is 14.0. The summed E-state index contributed by atoms with van der Waals surface area (Å²) in [5.41, 5.74) is 0.258. The van der Waals surface area contributed by atoms with E-state index in [9.17, 15) is 49.0 Å². The Labute approximate surface area is 290 Å². The number of carbonyl (C=O) groups excluding carboxylic acids is 1. The van der Waals surface area contributed by atoms with Crippen molar-refractivity contribution < 1.29 is 58.5 Å².